The van der Waals surface area contributed by atoms with E-state index in [9.17, 15) is 0 Å². The smallest absolute Gasteiger partial charge is 0.225 e. The topological polar surface area (TPSA) is 69.5 Å². The third-order valence-electron chi connectivity index (χ3n) is 5.03. The average Bonchev–Trinajstić information content (AvgIpc) is 3.18. The van der Waals surface area contributed by atoms with Gasteiger partial charge in [0.1, 0.15) is 5.01 Å². The minimum atomic E-state index is 0.640. The summed E-state index contributed by atoms with van der Waals surface area (Å²) in [6, 6.07) is 12.2. The maximum atomic E-state index is 4.93. The summed E-state index contributed by atoms with van der Waals surface area (Å²) in [5, 5.41) is 4.50. The van der Waals surface area contributed by atoms with Gasteiger partial charge in [-0.05, 0) is 19.9 Å². The maximum Gasteiger partial charge on any atom is 0.225 e. The monoisotopic (exact) mass is 421 g/mol. The molecule has 156 valence electrons. The van der Waals surface area contributed by atoms with Crippen LogP contribution < -0.4 is 10.2 Å². The molecule has 0 aliphatic carbocycles. The molecule has 3 heterocycles. The quantitative estimate of drug-likeness (QED) is 0.504. The molecule has 1 aliphatic heterocycles. The molecule has 7 nitrogen and oxygen atoms in total. The van der Waals surface area contributed by atoms with Crippen molar-refractivity contribution in [1.82, 2.24) is 25.2 Å². The predicted molar refractivity (Wildman–Crippen MR) is 123 cm³/mol. The minimum Gasteiger partial charge on any atom is -0.357 e. The number of nitrogens with one attached hydrogen (secondary N) is 1. The Labute approximate surface area is 181 Å². The summed E-state index contributed by atoms with van der Waals surface area (Å²) in [5.74, 6) is 1.76. The Morgan fingerprint density at radius 1 is 1.07 bits per heavy atom. The van der Waals surface area contributed by atoms with Crippen LogP contribution in [0, 0.1) is 6.92 Å². The number of aryl methyl sites for hydroxylation is 1. The second-order valence-corrected chi connectivity index (χ2v) is 8.17. The van der Waals surface area contributed by atoms with Crippen molar-refractivity contribution in [2.75, 3.05) is 37.6 Å². The van der Waals surface area contributed by atoms with Gasteiger partial charge >= 0.3 is 0 Å². The first kappa shape index (κ1) is 20.3. The Bertz CT molecular complexity index is 964. The third-order valence-corrected chi connectivity index (χ3v) is 6.23. The van der Waals surface area contributed by atoms with Gasteiger partial charge in [0.2, 0.25) is 5.95 Å². The highest BCUT2D eigenvalue weighted by Crippen LogP contribution is 2.28. The molecule has 2 aromatic heterocycles. The molecule has 0 bridgehead atoms. The molecule has 0 amide bonds. The van der Waals surface area contributed by atoms with E-state index in [1.165, 1.54) is 4.88 Å². The molecule has 1 aromatic carbocycles. The van der Waals surface area contributed by atoms with E-state index >= 15 is 0 Å². The van der Waals surface area contributed by atoms with Crippen molar-refractivity contribution in [2.24, 2.45) is 4.99 Å². The van der Waals surface area contributed by atoms with Crippen LogP contribution in [0.15, 0.2) is 53.8 Å². The molecule has 1 saturated heterocycles. The molecule has 30 heavy (non-hydrogen) atoms. The van der Waals surface area contributed by atoms with Crippen LogP contribution >= 0.6 is 11.3 Å². The van der Waals surface area contributed by atoms with E-state index in [1.807, 2.05) is 24.3 Å². The van der Waals surface area contributed by atoms with Crippen molar-refractivity contribution in [2.45, 2.75) is 20.4 Å². The van der Waals surface area contributed by atoms with E-state index in [1.54, 1.807) is 23.7 Å². The molecule has 3 aromatic rings. The Hall–Kier alpha value is -3.00. The largest absolute Gasteiger partial charge is 0.357 e. The van der Waals surface area contributed by atoms with Crippen molar-refractivity contribution in [3.05, 3.63) is 59.4 Å². The average molecular weight is 422 g/mol. The highest BCUT2D eigenvalue weighted by molar-refractivity contribution is 7.15. The molecule has 0 spiro atoms. The lowest BCUT2D eigenvalue weighted by molar-refractivity contribution is 0.370. The summed E-state index contributed by atoms with van der Waals surface area (Å²) >= 11 is 1.73. The van der Waals surface area contributed by atoms with E-state index < -0.39 is 0 Å². The van der Waals surface area contributed by atoms with Gasteiger partial charge in [0.05, 0.1) is 12.2 Å². The molecule has 0 unspecified atom stereocenters. The van der Waals surface area contributed by atoms with Crippen molar-refractivity contribution in [1.29, 1.82) is 0 Å². The van der Waals surface area contributed by atoms with Gasteiger partial charge in [-0.1, -0.05) is 30.3 Å². The van der Waals surface area contributed by atoms with Gasteiger partial charge in [0.25, 0.3) is 0 Å². The van der Waals surface area contributed by atoms with Gasteiger partial charge in [0, 0.05) is 55.6 Å². The minimum absolute atomic E-state index is 0.640. The van der Waals surface area contributed by atoms with Crippen LogP contribution in [-0.2, 0) is 6.54 Å². The van der Waals surface area contributed by atoms with Crippen molar-refractivity contribution in [3.8, 4) is 10.6 Å². The van der Waals surface area contributed by atoms with E-state index in [0.29, 0.717) is 6.54 Å². The molecular formula is C22H27N7S. The van der Waals surface area contributed by atoms with Gasteiger partial charge in [-0.15, -0.1) is 11.3 Å². The molecular weight excluding hydrogens is 394 g/mol. The van der Waals surface area contributed by atoms with E-state index in [4.69, 9.17) is 9.98 Å². The molecule has 0 atom stereocenters. The van der Waals surface area contributed by atoms with Gasteiger partial charge in [-0.2, -0.15) is 0 Å². The van der Waals surface area contributed by atoms with Crippen molar-refractivity contribution >= 4 is 23.2 Å². The Balaban J connectivity index is 1.43. The first-order valence-electron chi connectivity index (χ1n) is 10.3. The number of anilines is 1. The van der Waals surface area contributed by atoms with E-state index in [2.05, 4.69) is 51.1 Å². The van der Waals surface area contributed by atoms with E-state index in [0.717, 1.165) is 60.9 Å². The lowest BCUT2D eigenvalue weighted by Gasteiger charge is -2.36. The van der Waals surface area contributed by atoms with Crippen LogP contribution in [0.2, 0.25) is 0 Å². The standard InChI is InChI=1S/C22H27N7S/c1-3-23-21(28-12-14-29(15-13-28)22-24-10-7-11-25-22)26-16-19-17(2)27-20(30-19)18-8-5-4-6-9-18/h4-11H,3,12-16H2,1-2H3,(H,23,26). The SMILES string of the molecule is CCNC(=NCc1sc(-c2ccccc2)nc1C)N1CCN(c2ncccn2)CC1. The summed E-state index contributed by atoms with van der Waals surface area (Å²) < 4.78 is 0. The number of nitrogens with zero attached hydrogens (tertiary/aromatic N) is 6. The van der Waals surface area contributed by atoms with Gasteiger partial charge < -0.3 is 15.1 Å². The Morgan fingerprint density at radius 3 is 2.50 bits per heavy atom. The van der Waals surface area contributed by atoms with Crippen LogP contribution in [0.4, 0.5) is 5.95 Å². The van der Waals surface area contributed by atoms with E-state index in [-0.39, 0.29) is 0 Å². The van der Waals surface area contributed by atoms with Crippen LogP contribution in [0.5, 0.6) is 0 Å². The fourth-order valence-corrected chi connectivity index (χ4v) is 4.42. The summed E-state index contributed by atoms with van der Waals surface area (Å²) in [5.41, 5.74) is 2.22. The number of hydrogen-bond donors (Lipinski definition) is 1. The van der Waals surface area contributed by atoms with Gasteiger partial charge in [-0.3, -0.25) is 0 Å². The number of hydrogen-bond acceptors (Lipinski definition) is 6. The number of piperazine rings is 1. The molecule has 0 saturated carbocycles. The second kappa shape index (κ2) is 9.67. The summed E-state index contributed by atoms with van der Waals surface area (Å²) in [6.45, 7) is 9.20. The number of aliphatic imine (C=N–C) groups is 1. The highest BCUT2D eigenvalue weighted by Gasteiger charge is 2.21. The van der Waals surface area contributed by atoms with Crippen LogP contribution in [0.1, 0.15) is 17.5 Å². The van der Waals surface area contributed by atoms with Crippen molar-refractivity contribution < 1.29 is 0 Å². The number of benzene rings is 1. The molecule has 8 heteroatoms. The lowest BCUT2D eigenvalue weighted by atomic mass is 10.2. The van der Waals surface area contributed by atoms with Gasteiger partial charge in [0.15, 0.2) is 5.96 Å². The fraction of sp³-hybridized carbons (Fsp3) is 0.364. The number of guanidine groups is 1. The second-order valence-electron chi connectivity index (χ2n) is 7.09. The zero-order valence-corrected chi connectivity index (χ0v) is 18.3. The molecule has 1 aliphatic rings. The number of thiazole rings is 1. The summed E-state index contributed by atoms with van der Waals surface area (Å²) in [6.07, 6.45) is 3.59. The predicted octanol–water partition coefficient (Wildman–Crippen LogP) is 3.20. The molecule has 1 fully saturated rings. The summed E-state index contributed by atoms with van der Waals surface area (Å²) in [4.78, 5) is 24.2. The van der Waals surface area contributed by atoms with Crippen molar-refractivity contribution in [3.63, 3.8) is 0 Å². The number of rotatable bonds is 5. The van der Waals surface area contributed by atoms with Crippen LogP contribution in [0.25, 0.3) is 10.6 Å². The maximum absolute atomic E-state index is 4.93. The first-order chi connectivity index (χ1) is 14.7. The Kier molecular flexibility index (Phi) is 6.53. The van der Waals surface area contributed by atoms with Gasteiger partial charge in [-0.25, -0.2) is 19.9 Å². The first-order valence-corrected chi connectivity index (χ1v) is 11.1. The normalized spacial score (nSPS) is 14.8. The fourth-order valence-electron chi connectivity index (χ4n) is 3.42. The molecule has 1 N–H and O–H groups in total. The van der Waals surface area contributed by atoms with Crippen LogP contribution in [-0.4, -0.2) is 58.5 Å². The lowest BCUT2D eigenvalue weighted by Crippen LogP contribution is -2.52. The third kappa shape index (κ3) is 4.76. The highest BCUT2D eigenvalue weighted by atomic mass is 32.1. The summed E-state index contributed by atoms with van der Waals surface area (Å²) in [7, 11) is 0. The number of aromatic nitrogens is 3. The Morgan fingerprint density at radius 2 is 1.80 bits per heavy atom. The zero-order valence-electron chi connectivity index (χ0n) is 17.5. The van der Waals surface area contributed by atoms with Crippen LogP contribution in [0.3, 0.4) is 0 Å². The zero-order chi connectivity index (χ0) is 20.8. The molecule has 0 radical (unpaired) electrons. The molecule has 4 rings (SSSR count).